The van der Waals surface area contributed by atoms with E-state index in [0.717, 1.165) is 11.1 Å². The SMILES string of the molecule is Cc1ccc(C)c(NC(=O)[C@@H](OC(=O)c2ccc3nccnc3c2)c2ccccc2)c1. The summed E-state index contributed by atoms with van der Waals surface area (Å²) in [5.41, 5.74) is 4.76. The third-order valence-corrected chi connectivity index (χ3v) is 4.92. The van der Waals surface area contributed by atoms with Crippen molar-refractivity contribution in [1.29, 1.82) is 0 Å². The van der Waals surface area contributed by atoms with Gasteiger partial charge in [-0.25, -0.2) is 4.79 Å². The molecule has 1 heterocycles. The van der Waals surface area contributed by atoms with Crippen molar-refractivity contribution in [1.82, 2.24) is 9.97 Å². The average molecular weight is 411 g/mol. The number of nitrogens with zero attached hydrogens (tertiary/aromatic N) is 2. The molecule has 0 aliphatic carbocycles. The molecule has 6 nitrogen and oxygen atoms in total. The standard InChI is InChI=1S/C25H21N3O3/c1-16-8-9-17(2)21(14-16)28-24(29)23(18-6-4-3-5-7-18)31-25(30)19-10-11-20-22(15-19)27-13-12-26-20/h3-15,23H,1-2H3,(H,28,29)/t23-/m0/s1. The molecule has 6 heteroatoms. The predicted octanol–water partition coefficient (Wildman–Crippen LogP) is 4.78. The van der Waals surface area contributed by atoms with Gasteiger partial charge in [-0.15, -0.1) is 0 Å². The molecule has 0 radical (unpaired) electrons. The molecule has 0 aliphatic heterocycles. The van der Waals surface area contributed by atoms with Gasteiger partial charge in [0, 0.05) is 23.6 Å². The zero-order valence-corrected chi connectivity index (χ0v) is 17.2. The molecule has 0 bridgehead atoms. The first-order valence-corrected chi connectivity index (χ1v) is 9.86. The van der Waals surface area contributed by atoms with Gasteiger partial charge in [-0.2, -0.15) is 0 Å². The summed E-state index contributed by atoms with van der Waals surface area (Å²) in [7, 11) is 0. The van der Waals surface area contributed by atoms with E-state index in [1.165, 1.54) is 0 Å². The Morgan fingerprint density at radius 2 is 1.61 bits per heavy atom. The molecule has 1 amide bonds. The molecule has 0 saturated carbocycles. The van der Waals surface area contributed by atoms with E-state index in [0.29, 0.717) is 27.8 Å². The fourth-order valence-corrected chi connectivity index (χ4v) is 3.23. The monoisotopic (exact) mass is 411 g/mol. The highest BCUT2D eigenvalue weighted by atomic mass is 16.5. The number of hydrogen-bond acceptors (Lipinski definition) is 5. The molecule has 154 valence electrons. The number of amides is 1. The average Bonchev–Trinajstić information content (AvgIpc) is 2.80. The Balaban J connectivity index is 1.62. The number of carbonyl (C=O) groups excluding carboxylic acids is 2. The number of hydrogen-bond donors (Lipinski definition) is 1. The third kappa shape index (κ3) is 4.59. The first kappa shape index (κ1) is 20.2. The largest absolute Gasteiger partial charge is 0.444 e. The molecule has 0 unspecified atom stereocenters. The summed E-state index contributed by atoms with van der Waals surface area (Å²) < 4.78 is 5.68. The highest BCUT2D eigenvalue weighted by Crippen LogP contribution is 2.24. The molecule has 4 rings (SSSR count). The maximum Gasteiger partial charge on any atom is 0.339 e. The minimum atomic E-state index is -1.11. The van der Waals surface area contributed by atoms with Gasteiger partial charge in [0.2, 0.25) is 6.10 Å². The summed E-state index contributed by atoms with van der Waals surface area (Å²) in [5.74, 6) is -1.04. The lowest BCUT2D eigenvalue weighted by atomic mass is 10.1. The molecule has 4 aromatic rings. The van der Waals surface area contributed by atoms with E-state index in [2.05, 4.69) is 15.3 Å². The van der Waals surface area contributed by atoms with Crippen molar-refractivity contribution in [3.63, 3.8) is 0 Å². The van der Waals surface area contributed by atoms with Crippen molar-refractivity contribution >= 4 is 28.6 Å². The third-order valence-electron chi connectivity index (χ3n) is 4.92. The maximum absolute atomic E-state index is 13.1. The summed E-state index contributed by atoms with van der Waals surface area (Å²) >= 11 is 0. The summed E-state index contributed by atoms with van der Waals surface area (Å²) in [4.78, 5) is 34.5. The number of nitrogens with one attached hydrogen (secondary N) is 1. The van der Waals surface area contributed by atoms with Gasteiger partial charge in [0.25, 0.3) is 5.91 Å². The van der Waals surface area contributed by atoms with Crippen LogP contribution in [-0.4, -0.2) is 21.8 Å². The van der Waals surface area contributed by atoms with Gasteiger partial charge in [0.05, 0.1) is 16.6 Å². The fourth-order valence-electron chi connectivity index (χ4n) is 3.23. The predicted molar refractivity (Wildman–Crippen MR) is 119 cm³/mol. The van der Waals surface area contributed by atoms with Crippen LogP contribution in [0.15, 0.2) is 79.1 Å². The molecular weight excluding hydrogens is 390 g/mol. The summed E-state index contributed by atoms with van der Waals surface area (Å²) in [6.45, 7) is 3.86. The van der Waals surface area contributed by atoms with E-state index in [-0.39, 0.29) is 0 Å². The topological polar surface area (TPSA) is 81.2 Å². The van der Waals surface area contributed by atoms with E-state index in [1.807, 2.05) is 38.1 Å². The van der Waals surface area contributed by atoms with Crippen LogP contribution in [0.5, 0.6) is 0 Å². The normalized spacial score (nSPS) is 11.7. The Kier molecular flexibility index (Phi) is 5.71. The van der Waals surface area contributed by atoms with E-state index < -0.39 is 18.0 Å². The summed E-state index contributed by atoms with van der Waals surface area (Å²) in [5, 5.41) is 2.90. The minimum Gasteiger partial charge on any atom is -0.444 e. The van der Waals surface area contributed by atoms with Crippen LogP contribution < -0.4 is 5.32 Å². The highest BCUT2D eigenvalue weighted by molar-refractivity contribution is 5.99. The van der Waals surface area contributed by atoms with E-state index in [9.17, 15) is 9.59 Å². The fraction of sp³-hybridized carbons (Fsp3) is 0.120. The lowest BCUT2D eigenvalue weighted by Crippen LogP contribution is -2.26. The van der Waals surface area contributed by atoms with Crippen LogP contribution in [0, 0.1) is 13.8 Å². The highest BCUT2D eigenvalue weighted by Gasteiger charge is 2.26. The van der Waals surface area contributed by atoms with Gasteiger partial charge < -0.3 is 10.1 Å². The van der Waals surface area contributed by atoms with Crippen LogP contribution in [0.2, 0.25) is 0 Å². The van der Waals surface area contributed by atoms with E-state index in [4.69, 9.17) is 4.74 Å². The number of aryl methyl sites for hydroxylation is 2. The molecule has 0 aliphatic rings. The molecule has 1 atom stereocenters. The van der Waals surface area contributed by atoms with Crippen LogP contribution >= 0.6 is 0 Å². The quantitative estimate of drug-likeness (QED) is 0.478. The van der Waals surface area contributed by atoms with Gasteiger partial charge in [-0.05, 0) is 49.2 Å². The number of ether oxygens (including phenoxy) is 1. The number of anilines is 1. The number of fused-ring (bicyclic) bond motifs is 1. The van der Waals surface area contributed by atoms with Crippen molar-refractivity contribution in [2.45, 2.75) is 20.0 Å². The second-order valence-corrected chi connectivity index (χ2v) is 7.26. The van der Waals surface area contributed by atoms with Crippen molar-refractivity contribution in [3.05, 3.63) is 101 Å². The van der Waals surface area contributed by atoms with Crippen LogP contribution in [0.3, 0.4) is 0 Å². The lowest BCUT2D eigenvalue weighted by Gasteiger charge is -2.19. The van der Waals surface area contributed by atoms with Gasteiger partial charge in [-0.3, -0.25) is 14.8 Å². The number of aromatic nitrogens is 2. The van der Waals surface area contributed by atoms with Crippen LogP contribution in [-0.2, 0) is 9.53 Å². The number of carbonyl (C=O) groups is 2. The van der Waals surface area contributed by atoms with Crippen molar-refractivity contribution in [2.75, 3.05) is 5.32 Å². The molecule has 1 aromatic heterocycles. The maximum atomic E-state index is 13.1. The molecule has 3 aromatic carbocycles. The van der Waals surface area contributed by atoms with Gasteiger partial charge >= 0.3 is 5.97 Å². The zero-order chi connectivity index (χ0) is 21.8. The van der Waals surface area contributed by atoms with Crippen molar-refractivity contribution < 1.29 is 14.3 Å². The Morgan fingerprint density at radius 1 is 0.871 bits per heavy atom. The first-order valence-electron chi connectivity index (χ1n) is 9.86. The first-order chi connectivity index (χ1) is 15.0. The van der Waals surface area contributed by atoms with Gasteiger partial charge in [0.1, 0.15) is 0 Å². The van der Waals surface area contributed by atoms with E-state index in [1.54, 1.807) is 54.9 Å². The molecule has 0 spiro atoms. The molecule has 31 heavy (non-hydrogen) atoms. The Hall–Kier alpha value is -4.06. The van der Waals surface area contributed by atoms with Crippen LogP contribution in [0.4, 0.5) is 5.69 Å². The Bertz CT molecular complexity index is 1260. The minimum absolute atomic E-state index is 0.300. The van der Waals surface area contributed by atoms with Crippen molar-refractivity contribution in [3.8, 4) is 0 Å². The molecular formula is C25H21N3O3. The Labute approximate surface area is 179 Å². The number of esters is 1. The van der Waals surface area contributed by atoms with Gasteiger partial charge in [0.15, 0.2) is 0 Å². The lowest BCUT2D eigenvalue weighted by molar-refractivity contribution is -0.125. The zero-order valence-electron chi connectivity index (χ0n) is 17.2. The Morgan fingerprint density at radius 3 is 2.39 bits per heavy atom. The second kappa shape index (κ2) is 8.75. The summed E-state index contributed by atoms with van der Waals surface area (Å²) in [6.07, 6.45) is 2.04. The molecule has 0 fully saturated rings. The smallest absolute Gasteiger partial charge is 0.339 e. The summed E-state index contributed by atoms with van der Waals surface area (Å²) in [6, 6.07) is 19.7. The molecule has 1 N–H and O–H groups in total. The second-order valence-electron chi connectivity index (χ2n) is 7.26. The number of rotatable bonds is 5. The molecule has 0 saturated heterocycles. The van der Waals surface area contributed by atoms with Gasteiger partial charge in [-0.1, -0.05) is 42.5 Å². The van der Waals surface area contributed by atoms with Crippen LogP contribution in [0.25, 0.3) is 11.0 Å². The van der Waals surface area contributed by atoms with Crippen molar-refractivity contribution in [2.24, 2.45) is 0 Å². The van der Waals surface area contributed by atoms with E-state index >= 15 is 0 Å². The van der Waals surface area contributed by atoms with Crippen LogP contribution in [0.1, 0.15) is 33.2 Å². The number of benzene rings is 3.